The summed E-state index contributed by atoms with van der Waals surface area (Å²) in [6, 6.07) is 16.5. The second-order valence-corrected chi connectivity index (χ2v) is 6.68. The van der Waals surface area contributed by atoms with Gasteiger partial charge in [-0.15, -0.1) is 0 Å². The van der Waals surface area contributed by atoms with Crippen molar-refractivity contribution in [2.75, 3.05) is 5.32 Å². The van der Waals surface area contributed by atoms with Crippen LogP contribution in [0.5, 0.6) is 0 Å². The number of anilines is 1. The van der Waals surface area contributed by atoms with Crippen molar-refractivity contribution in [3.05, 3.63) is 94.6 Å². The minimum absolute atomic E-state index is 0.0173. The number of hydrogen-bond acceptors (Lipinski definition) is 4. The molecule has 0 saturated carbocycles. The summed E-state index contributed by atoms with van der Waals surface area (Å²) in [5.74, 6) is -4.38. The first kappa shape index (κ1) is 18.9. The highest BCUT2D eigenvalue weighted by Crippen LogP contribution is 2.26. The lowest BCUT2D eigenvalue weighted by Crippen LogP contribution is -2.30. The van der Waals surface area contributed by atoms with Crippen molar-refractivity contribution in [2.24, 2.45) is 4.99 Å². The number of fused-ring (bicyclic) bond motifs is 1. The molecule has 0 unspecified atom stereocenters. The molecule has 0 spiro atoms. The third kappa shape index (κ3) is 3.51. The zero-order valence-corrected chi connectivity index (χ0v) is 15.4. The summed E-state index contributed by atoms with van der Waals surface area (Å²) in [6.07, 6.45) is -1.27. The number of halogens is 3. The summed E-state index contributed by atoms with van der Waals surface area (Å²) in [5, 5.41) is 2.46. The van der Waals surface area contributed by atoms with E-state index >= 15 is 0 Å². The molecule has 1 N–H and O–H groups in total. The molecule has 0 bridgehead atoms. The summed E-state index contributed by atoms with van der Waals surface area (Å²) in [7, 11) is 0. The van der Waals surface area contributed by atoms with Gasteiger partial charge in [-0.3, -0.25) is 9.79 Å². The first-order valence-electron chi connectivity index (χ1n) is 8.97. The van der Waals surface area contributed by atoms with Gasteiger partial charge < -0.3 is 5.32 Å². The van der Waals surface area contributed by atoms with E-state index in [1.165, 1.54) is 6.92 Å². The number of aliphatic imine (C=N–C) groups is 1. The van der Waals surface area contributed by atoms with Gasteiger partial charge in [0.25, 0.3) is 5.95 Å². The third-order valence-electron chi connectivity index (χ3n) is 4.73. The molecule has 1 aliphatic heterocycles. The molecule has 1 atom stereocenters. The molecule has 0 aliphatic carbocycles. The number of rotatable bonds is 3. The van der Waals surface area contributed by atoms with Crippen LogP contribution in [0.15, 0.2) is 59.6 Å². The Morgan fingerprint density at radius 2 is 1.66 bits per heavy atom. The van der Waals surface area contributed by atoms with Gasteiger partial charge in [0, 0.05) is 17.5 Å². The molecule has 1 aromatic heterocycles. The van der Waals surface area contributed by atoms with E-state index in [9.17, 15) is 18.0 Å². The predicted octanol–water partition coefficient (Wildman–Crippen LogP) is 4.21. The Morgan fingerprint density at radius 1 is 0.966 bits per heavy atom. The van der Waals surface area contributed by atoms with Gasteiger partial charge in [0.2, 0.25) is 5.82 Å². The fourth-order valence-electron chi connectivity index (χ4n) is 3.29. The normalized spacial score (nSPS) is 16.1. The smallest absolute Gasteiger partial charge is 0.251 e. The summed E-state index contributed by atoms with van der Waals surface area (Å²) < 4.78 is 42.3. The van der Waals surface area contributed by atoms with Gasteiger partial charge in [0.15, 0.2) is 17.8 Å². The van der Waals surface area contributed by atoms with Gasteiger partial charge in [-0.05, 0) is 12.5 Å². The van der Waals surface area contributed by atoms with Gasteiger partial charge in [-0.1, -0.05) is 54.6 Å². The number of nitrogens with zero attached hydrogens (tertiary/aromatic N) is 2. The molecule has 0 saturated heterocycles. The maximum absolute atomic E-state index is 14.4. The van der Waals surface area contributed by atoms with E-state index < -0.39 is 35.2 Å². The van der Waals surface area contributed by atoms with Crippen LogP contribution in [0.25, 0.3) is 0 Å². The molecule has 0 radical (unpaired) electrons. The Bertz CT molecular complexity index is 1100. The molecule has 146 valence electrons. The molecule has 4 nitrogen and oxygen atoms in total. The lowest BCUT2D eigenvalue weighted by atomic mass is 9.96. The van der Waals surface area contributed by atoms with Crippen LogP contribution in [0.4, 0.5) is 18.9 Å². The predicted molar refractivity (Wildman–Crippen MR) is 103 cm³/mol. The largest absolute Gasteiger partial charge is 0.353 e. The number of benzene rings is 2. The minimum atomic E-state index is -1.49. The highest BCUT2D eigenvalue weighted by Gasteiger charge is 2.29. The molecule has 2 heterocycles. The van der Waals surface area contributed by atoms with E-state index in [1.54, 1.807) is 0 Å². The number of carbonyl (C=O) groups excluding carboxylic acids is 1. The van der Waals surface area contributed by atoms with Crippen molar-refractivity contribution in [3.63, 3.8) is 0 Å². The minimum Gasteiger partial charge on any atom is -0.353 e. The molecule has 0 amide bonds. The van der Waals surface area contributed by atoms with Gasteiger partial charge >= 0.3 is 0 Å². The lowest BCUT2D eigenvalue weighted by molar-refractivity contribution is -0.118. The fraction of sp³-hybridized carbons (Fsp3) is 0.136. The fourth-order valence-corrected chi connectivity index (χ4v) is 3.29. The Morgan fingerprint density at radius 3 is 2.41 bits per heavy atom. The van der Waals surface area contributed by atoms with Crippen LogP contribution in [-0.4, -0.2) is 22.6 Å². The van der Waals surface area contributed by atoms with E-state index in [0.717, 1.165) is 16.7 Å². The van der Waals surface area contributed by atoms with Crippen LogP contribution in [0, 0.1) is 24.5 Å². The molecular weight excluding hydrogens is 379 g/mol. The summed E-state index contributed by atoms with van der Waals surface area (Å²) in [6.45, 7) is 1.21. The SMILES string of the molecule is Cc1nc(F)c(F)c(N[C@@H]2N=C(c3ccccc3)c3ccccc3CC2=O)c1F. The standard InChI is InChI=1S/C22H16F3N3O/c1-12-17(23)20(18(24)21(25)26-12)28-22-16(29)11-14-9-5-6-10-15(14)19(27-22)13-7-3-2-4-8-13/h2-10,22H,11H2,1H3,(H,26,28)/t22-/m0/s1. The number of pyridine rings is 1. The number of ketones is 1. The van der Waals surface area contributed by atoms with E-state index in [2.05, 4.69) is 15.3 Å². The highest BCUT2D eigenvalue weighted by atomic mass is 19.2. The molecular formula is C22H16F3N3O. The third-order valence-corrected chi connectivity index (χ3v) is 4.73. The van der Waals surface area contributed by atoms with Crippen molar-refractivity contribution in [1.82, 2.24) is 4.98 Å². The van der Waals surface area contributed by atoms with E-state index in [1.807, 2.05) is 54.6 Å². The zero-order valence-electron chi connectivity index (χ0n) is 15.4. The Balaban J connectivity index is 1.84. The second kappa shape index (κ2) is 7.50. The van der Waals surface area contributed by atoms with Crippen LogP contribution >= 0.6 is 0 Å². The summed E-state index contributed by atoms with van der Waals surface area (Å²) in [4.78, 5) is 20.5. The quantitative estimate of drug-likeness (QED) is 0.676. The first-order valence-corrected chi connectivity index (χ1v) is 8.97. The summed E-state index contributed by atoms with van der Waals surface area (Å²) in [5.41, 5.74) is 1.70. The van der Waals surface area contributed by atoms with Crippen LogP contribution < -0.4 is 5.32 Å². The van der Waals surface area contributed by atoms with Crippen molar-refractivity contribution < 1.29 is 18.0 Å². The average molecular weight is 395 g/mol. The molecule has 3 aromatic rings. The molecule has 4 rings (SSSR count). The molecule has 2 aromatic carbocycles. The summed E-state index contributed by atoms with van der Waals surface area (Å²) >= 11 is 0. The number of hydrogen-bond donors (Lipinski definition) is 1. The van der Waals surface area contributed by atoms with Crippen LogP contribution in [0.2, 0.25) is 0 Å². The molecule has 1 aliphatic rings. The topological polar surface area (TPSA) is 54.4 Å². The number of aryl methyl sites for hydroxylation is 1. The van der Waals surface area contributed by atoms with Crippen molar-refractivity contribution in [3.8, 4) is 0 Å². The monoisotopic (exact) mass is 395 g/mol. The van der Waals surface area contributed by atoms with E-state index in [0.29, 0.717) is 5.71 Å². The number of nitrogens with one attached hydrogen (secondary N) is 1. The van der Waals surface area contributed by atoms with E-state index in [4.69, 9.17) is 0 Å². The molecule has 7 heteroatoms. The first-order chi connectivity index (χ1) is 14.0. The maximum Gasteiger partial charge on any atom is 0.251 e. The second-order valence-electron chi connectivity index (χ2n) is 6.68. The van der Waals surface area contributed by atoms with Crippen LogP contribution in [-0.2, 0) is 11.2 Å². The molecule has 29 heavy (non-hydrogen) atoms. The Kier molecular flexibility index (Phi) is 4.88. The van der Waals surface area contributed by atoms with Gasteiger partial charge in [-0.25, -0.2) is 9.37 Å². The van der Waals surface area contributed by atoms with Crippen LogP contribution in [0.1, 0.15) is 22.4 Å². The average Bonchev–Trinajstić information content (AvgIpc) is 2.86. The van der Waals surface area contributed by atoms with Gasteiger partial charge in [-0.2, -0.15) is 8.78 Å². The van der Waals surface area contributed by atoms with E-state index in [-0.39, 0.29) is 12.1 Å². The van der Waals surface area contributed by atoms with Crippen molar-refractivity contribution in [1.29, 1.82) is 0 Å². The number of aromatic nitrogens is 1. The maximum atomic E-state index is 14.4. The zero-order chi connectivity index (χ0) is 20.5. The van der Waals surface area contributed by atoms with Gasteiger partial charge in [0.05, 0.1) is 11.4 Å². The number of Topliss-reactive ketones (excluding diaryl/α,β-unsaturated/α-hetero) is 1. The number of carbonyl (C=O) groups is 1. The molecule has 0 fully saturated rings. The Hall–Kier alpha value is -3.48. The van der Waals surface area contributed by atoms with Crippen molar-refractivity contribution in [2.45, 2.75) is 19.5 Å². The highest BCUT2D eigenvalue weighted by molar-refractivity contribution is 6.16. The van der Waals surface area contributed by atoms with Gasteiger partial charge in [0.1, 0.15) is 5.69 Å². The Labute approximate surface area is 165 Å². The van der Waals surface area contributed by atoms with Crippen molar-refractivity contribution >= 4 is 17.2 Å². The lowest BCUT2D eigenvalue weighted by Gasteiger charge is -2.16. The van der Waals surface area contributed by atoms with Crippen LogP contribution in [0.3, 0.4) is 0 Å².